The highest BCUT2D eigenvalue weighted by Crippen LogP contribution is 2.00. The van der Waals surface area contributed by atoms with Gasteiger partial charge in [0.1, 0.15) is 0 Å². The molecule has 2 nitrogen and oxygen atoms in total. The molecule has 1 rings (SSSR count). The van der Waals surface area contributed by atoms with Crippen LogP contribution in [0.2, 0.25) is 0 Å². The Morgan fingerprint density at radius 2 is 2.36 bits per heavy atom. The molecule has 0 spiro atoms. The highest BCUT2D eigenvalue weighted by atomic mass is 14.8. The van der Waals surface area contributed by atoms with Crippen LogP contribution in [0.15, 0.2) is 18.3 Å². The van der Waals surface area contributed by atoms with Gasteiger partial charge in [-0.2, -0.15) is 0 Å². The molecule has 0 atom stereocenters. The Bertz CT molecular complexity index is 221. The van der Waals surface area contributed by atoms with Gasteiger partial charge in [0.05, 0.1) is 0 Å². The summed E-state index contributed by atoms with van der Waals surface area (Å²) in [4.78, 5) is 4.13. The maximum atomic E-state index is 4.13. The molecular formula is C9H14N2. The van der Waals surface area contributed by atoms with Crippen molar-refractivity contribution in [3.8, 4) is 0 Å². The molecule has 1 aromatic heterocycles. The van der Waals surface area contributed by atoms with Crippen LogP contribution in [-0.4, -0.2) is 18.6 Å². The molecule has 0 amide bonds. The standard InChI is InChI=1S/C9H14N2/c1-8-7-9(3-5-10-2)4-6-11-8/h4,6-7,10H,3,5H2,1-2H3. The van der Waals surface area contributed by atoms with Crippen LogP contribution in [0, 0.1) is 6.92 Å². The van der Waals surface area contributed by atoms with E-state index in [9.17, 15) is 0 Å². The van der Waals surface area contributed by atoms with E-state index in [2.05, 4.69) is 22.4 Å². The maximum Gasteiger partial charge on any atom is 0.0375 e. The molecule has 0 bridgehead atoms. The van der Waals surface area contributed by atoms with Crippen molar-refractivity contribution in [2.45, 2.75) is 13.3 Å². The molecule has 11 heavy (non-hydrogen) atoms. The van der Waals surface area contributed by atoms with Crippen LogP contribution in [0.1, 0.15) is 11.3 Å². The van der Waals surface area contributed by atoms with Gasteiger partial charge >= 0.3 is 0 Å². The first kappa shape index (κ1) is 8.21. The third kappa shape index (κ3) is 2.68. The third-order valence-corrected chi connectivity index (χ3v) is 1.62. The van der Waals surface area contributed by atoms with Gasteiger partial charge in [-0.25, -0.2) is 0 Å². The van der Waals surface area contributed by atoms with E-state index in [-0.39, 0.29) is 0 Å². The third-order valence-electron chi connectivity index (χ3n) is 1.62. The number of aromatic nitrogens is 1. The van der Waals surface area contributed by atoms with Crippen molar-refractivity contribution in [2.24, 2.45) is 0 Å². The molecule has 0 aromatic carbocycles. The average molecular weight is 150 g/mol. The first-order chi connectivity index (χ1) is 5.33. The van der Waals surface area contributed by atoms with Crippen LogP contribution < -0.4 is 5.32 Å². The number of nitrogens with one attached hydrogen (secondary N) is 1. The lowest BCUT2D eigenvalue weighted by atomic mass is 10.2. The van der Waals surface area contributed by atoms with Gasteiger partial charge in [-0.1, -0.05) is 0 Å². The quantitative estimate of drug-likeness (QED) is 0.699. The number of hydrogen-bond acceptors (Lipinski definition) is 2. The Balaban J connectivity index is 2.56. The number of aryl methyl sites for hydroxylation is 1. The first-order valence-corrected chi connectivity index (χ1v) is 3.89. The second-order valence-electron chi connectivity index (χ2n) is 2.66. The Morgan fingerprint density at radius 3 is 3.00 bits per heavy atom. The molecule has 1 heterocycles. The summed E-state index contributed by atoms with van der Waals surface area (Å²) in [6.07, 6.45) is 2.94. The Hall–Kier alpha value is -0.890. The number of hydrogen-bond donors (Lipinski definition) is 1. The van der Waals surface area contributed by atoms with Gasteiger partial charge in [-0.05, 0) is 44.6 Å². The fraction of sp³-hybridized carbons (Fsp3) is 0.444. The van der Waals surface area contributed by atoms with E-state index in [1.54, 1.807) is 0 Å². The summed E-state index contributed by atoms with van der Waals surface area (Å²) < 4.78 is 0. The highest BCUT2D eigenvalue weighted by Gasteiger charge is 1.91. The lowest BCUT2D eigenvalue weighted by molar-refractivity contribution is 0.790. The zero-order valence-electron chi connectivity index (χ0n) is 7.09. The van der Waals surface area contributed by atoms with Crippen molar-refractivity contribution in [2.75, 3.05) is 13.6 Å². The second-order valence-corrected chi connectivity index (χ2v) is 2.66. The smallest absolute Gasteiger partial charge is 0.0375 e. The minimum absolute atomic E-state index is 1.03. The van der Waals surface area contributed by atoms with Crippen molar-refractivity contribution in [3.05, 3.63) is 29.6 Å². The lowest BCUT2D eigenvalue weighted by Gasteiger charge is -2.00. The Kier molecular flexibility index (Phi) is 3.05. The van der Waals surface area contributed by atoms with Gasteiger partial charge in [0.25, 0.3) is 0 Å². The van der Waals surface area contributed by atoms with E-state index in [0.29, 0.717) is 0 Å². The molecule has 0 radical (unpaired) electrons. The summed E-state index contributed by atoms with van der Waals surface area (Å²) in [5, 5.41) is 3.12. The van der Waals surface area contributed by atoms with Gasteiger partial charge in [-0.15, -0.1) is 0 Å². The molecule has 1 N–H and O–H groups in total. The molecule has 60 valence electrons. The molecule has 0 unspecified atom stereocenters. The fourth-order valence-electron chi connectivity index (χ4n) is 1.03. The molecule has 0 fully saturated rings. The van der Waals surface area contributed by atoms with Crippen LogP contribution in [-0.2, 0) is 6.42 Å². The van der Waals surface area contributed by atoms with Gasteiger partial charge in [0.15, 0.2) is 0 Å². The predicted octanol–water partition coefficient (Wildman–Crippen LogP) is 1.15. The highest BCUT2D eigenvalue weighted by molar-refractivity contribution is 5.15. The van der Waals surface area contributed by atoms with Crippen LogP contribution in [0.4, 0.5) is 0 Å². The zero-order valence-corrected chi connectivity index (χ0v) is 7.09. The predicted molar refractivity (Wildman–Crippen MR) is 46.6 cm³/mol. The Morgan fingerprint density at radius 1 is 1.55 bits per heavy atom. The summed E-state index contributed by atoms with van der Waals surface area (Å²) in [7, 11) is 1.97. The van der Waals surface area contributed by atoms with Gasteiger partial charge < -0.3 is 5.32 Å². The van der Waals surface area contributed by atoms with Crippen LogP contribution >= 0.6 is 0 Å². The first-order valence-electron chi connectivity index (χ1n) is 3.89. The monoisotopic (exact) mass is 150 g/mol. The summed E-state index contributed by atoms with van der Waals surface area (Å²) in [6, 6.07) is 4.18. The minimum Gasteiger partial charge on any atom is -0.319 e. The summed E-state index contributed by atoms with van der Waals surface area (Å²) in [5.74, 6) is 0. The SMILES string of the molecule is CNCCc1ccnc(C)c1. The van der Waals surface area contributed by atoms with Crippen molar-refractivity contribution >= 4 is 0 Å². The number of pyridine rings is 1. The molecule has 0 saturated heterocycles. The van der Waals surface area contributed by atoms with Gasteiger partial charge in [0, 0.05) is 11.9 Å². The van der Waals surface area contributed by atoms with E-state index in [1.165, 1.54) is 5.56 Å². The molecule has 2 heteroatoms. The minimum atomic E-state index is 1.03. The molecule has 0 aliphatic rings. The van der Waals surface area contributed by atoms with Crippen molar-refractivity contribution < 1.29 is 0 Å². The summed E-state index contributed by atoms with van der Waals surface area (Å²) in [5.41, 5.74) is 2.45. The lowest BCUT2D eigenvalue weighted by Crippen LogP contribution is -2.10. The van der Waals surface area contributed by atoms with Gasteiger partial charge in [-0.3, -0.25) is 4.98 Å². The topological polar surface area (TPSA) is 24.9 Å². The Labute approximate surface area is 67.7 Å². The molecule has 0 saturated carbocycles. The molecule has 0 aliphatic heterocycles. The number of nitrogens with zero attached hydrogens (tertiary/aromatic N) is 1. The normalized spacial score (nSPS) is 10.0. The van der Waals surface area contributed by atoms with E-state index in [0.717, 1.165) is 18.7 Å². The van der Waals surface area contributed by atoms with Crippen LogP contribution in [0.5, 0.6) is 0 Å². The van der Waals surface area contributed by atoms with Crippen LogP contribution in [0.25, 0.3) is 0 Å². The van der Waals surface area contributed by atoms with Crippen molar-refractivity contribution in [3.63, 3.8) is 0 Å². The summed E-state index contributed by atoms with van der Waals surface area (Å²) >= 11 is 0. The number of likely N-dealkylation sites (N-methyl/N-ethyl adjacent to an activating group) is 1. The van der Waals surface area contributed by atoms with Gasteiger partial charge in [0.2, 0.25) is 0 Å². The largest absolute Gasteiger partial charge is 0.319 e. The fourth-order valence-corrected chi connectivity index (χ4v) is 1.03. The second kappa shape index (κ2) is 4.09. The van der Waals surface area contributed by atoms with E-state index < -0.39 is 0 Å². The average Bonchev–Trinajstić information content (AvgIpc) is 2.01. The summed E-state index contributed by atoms with van der Waals surface area (Å²) in [6.45, 7) is 3.05. The van der Waals surface area contributed by atoms with Crippen molar-refractivity contribution in [1.82, 2.24) is 10.3 Å². The maximum absolute atomic E-state index is 4.13. The molecule has 0 aliphatic carbocycles. The van der Waals surface area contributed by atoms with Crippen molar-refractivity contribution in [1.29, 1.82) is 0 Å². The molecule has 1 aromatic rings. The van der Waals surface area contributed by atoms with E-state index in [4.69, 9.17) is 0 Å². The molecular weight excluding hydrogens is 136 g/mol. The van der Waals surface area contributed by atoms with Crippen LogP contribution in [0.3, 0.4) is 0 Å². The number of rotatable bonds is 3. The zero-order chi connectivity index (χ0) is 8.10. The van der Waals surface area contributed by atoms with E-state index >= 15 is 0 Å². The van der Waals surface area contributed by atoms with E-state index in [1.807, 2.05) is 20.2 Å².